The summed E-state index contributed by atoms with van der Waals surface area (Å²) in [4.78, 5) is 28.5. The summed E-state index contributed by atoms with van der Waals surface area (Å²) in [6.45, 7) is 7.40. The third-order valence-corrected chi connectivity index (χ3v) is 4.77. The van der Waals surface area contributed by atoms with E-state index in [4.69, 9.17) is 4.74 Å². The summed E-state index contributed by atoms with van der Waals surface area (Å²) < 4.78 is 5.86. The molecular formula is C21H24N4O4. The van der Waals surface area contributed by atoms with E-state index >= 15 is 0 Å². The third kappa shape index (κ3) is 4.72. The summed E-state index contributed by atoms with van der Waals surface area (Å²) in [6.07, 6.45) is 0. The summed E-state index contributed by atoms with van der Waals surface area (Å²) in [6, 6.07) is 13.5. The lowest BCUT2D eigenvalue weighted by molar-refractivity contribution is -0.383. The summed E-state index contributed by atoms with van der Waals surface area (Å²) in [5.41, 5.74) is 1.05. The molecule has 0 saturated heterocycles. The molecule has 3 aromatic rings. The molecule has 0 aliphatic heterocycles. The quantitative estimate of drug-likeness (QED) is 0.420. The van der Waals surface area contributed by atoms with Crippen molar-refractivity contribution < 1.29 is 14.5 Å². The van der Waals surface area contributed by atoms with Crippen molar-refractivity contribution in [2.75, 3.05) is 31.6 Å². The van der Waals surface area contributed by atoms with E-state index in [2.05, 4.69) is 29.0 Å². The van der Waals surface area contributed by atoms with E-state index in [-0.39, 0.29) is 11.4 Å². The highest BCUT2D eigenvalue weighted by Gasteiger charge is 2.18. The maximum Gasteiger partial charge on any atom is 0.293 e. The van der Waals surface area contributed by atoms with Gasteiger partial charge >= 0.3 is 0 Å². The Labute approximate surface area is 168 Å². The zero-order valence-corrected chi connectivity index (χ0v) is 16.5. The number of ether oxygens (including phenoxy) is 1. The number of rotatable bonds is 9. The molecule has 1 aromatic heterocycles. The minimum absolute atomic E-state index is 0.0679. The van der Waals surface area contributed by atoms with Crippen molar-refractivity contribution in [3.8, 4) is 5.75 Å². The first-order valence-electron chi connectivity index (χ1n) is 9.55. The first-order chi connectivity index (χ1) is 14.0. The van der Waals surface area contributed by atoms with Crippen LogP contribution in [0.25, 0.3) is 10.9 Å². The van der Waals surface area contributed by atoms with Gasteiger partial charge in [-0.2, -0.15) is 0 Å². The Balaban J connectivity index is 1.75. The zero-order valence-electron chi connectivity index (χ0n) is 16.5. The number of aromatic nitrogens is 1. The number of likely N-dealkylation sites (N-methyl/N-ethyl adjacent to an activating group) is 1. The maximum atomic E-state index is 12.7. The van der Waals surface area contributed by atoms with Crippen LogP contribution < -0.4 is 10.1 Å². The first kappa shape index (κ1) is 20.3. The van der Waals surface area contributed by atoms with Gasteiger partial charge in [-0.15, -0.1) is 0 Å². The van der Waals surface area contributed by atoms with Gasteiger partial charge in [-0.1, -0.05) is 38.1 Å². The van der Waals surface area contributed by atoms with Crippen molar-refractivity contribution in [1.29, 1.82) is 0 Å². The Morgan fingerprint density at radius 3 is 2.66 bits per heavy atom. The van der Waals surface area contributed by atoms with E-state index < -0.39 is 10.8 Å². The molecule has 0 saturated carbocycles. The van der Waals surface area contributed by atoms with Crippen molar-refractivity contribution in [1.82, 2.24) is 9.88 Å². The van der Waals surface area contributed by atoms with E-state index in [9.17, 15) is 14.9 Å². The Morgan fingerprint density at radius 2 is 1.93 bits per heavy atom. The van der Waals surface area contributed by atoms with Crippen molar-refractivity contribution in [3.05, 3.63) is 64.3 Å². The average Bonchev–Trinajstić information content (AvgIpc) is 3.16. The molecule has 2 aromatic carbocycles. The number of hydrogen-bond donors (Lipinski definition) is 2. The number of carbonyl (C=O) groups excluding carboxylic acids is 1. The van der Waals surface area contributed by atoms with Gasteiger partial charge in [0.05, 0.1) is 10.6 Å². The minimum Gasteiger partial charge on any atom is -0.490 e. The molecule has 8 heteroatoms. The smallest absolute Gasteiger partial charge is 0.293 e. The van der Waals surface area contributed by atoms with Gasteiger partial charge in [0, 0.05) is 18.0 Å². The number of amides is 1. The minimum atomic E-state index is -0.473. The van der Waals surface area contributed by atoms with Crippen LogP contribution in [0.1, 0.15) is 24.3 Å². The lowest BCUT2D eigenvalue weighted by Gasteiger charge is -2.19. The van der Waals surface area contributed by atoms with Crippen LogP contribution in [-0.4, -0.2) is 47.0 Å². The number of nitrogens with one attached hydrogen (secondary N) is 2. The highest BCUT2D eigenvalue weighted by Crippen LogP contribution is 2.27. The molecule has 0 radical (unpaired) electrons. The van der Waals surface area contributed by atoms with Gasteiger partial charge in [0.15, 0.2) is 0 Å². The number of non-ortho nitro benzene ring substituents is 1. The van der Waals surface area contributed by atoms with E-state index in [1.807, 2.05) is 12.1 Å². The number of aromatic amines is 1. The maximum absolute atomic E-state index is 12.7. The molecule has 2 N–H and O–H groups in total. The molecule has 152 valence electrons. The normalized spacial score (nSPS) is 11.0. The monoisotopic (exact) mass is 396 g/mol. The molecule has 0 aliphatic carbocycles. The fourth-order valence-electron chi connectivity index (χ4n) is 3.12. The number of para-hydroxylation sites is 3. The Kier molecular flexibility index (Phi) is 6.46. The average molecular weight is 396 g/mol. The summed E-state index contributed by atoms with van der Waals surface area (Å²) in [5, 5.41) is 14.6. The summed E-state index contributed by atoms with van der Waals surface area (Å²) in [7, 11) is 0. The highest BCUT2D eigenvalue weighted by atomic mass is 16.6. The van der Waals surface area contributed by atoms with Gasteiger partial charge in [-0.25, -0.2) is 0 Å². The van der Waals surface area contributed by atoms with Crippen LogP contribution in [-0.2, 0) is 0 Å². The van der Waals surface area contributed by atoms with Crippen molar-refractivity contribution >= 4 is 28.2 Å². The van der Waals surface area contributed by atoms with Gasteiger partial charge < -0.3 is 19.9 Å². The van der Waals surface area contributed by atoms with Gasteiger partial charge in [-0.3, -0.25) is 14.9 Å². The first-order valence-corrected chi connectivity index (χ1v) is 9.55. The zero-order chi connectivity index (χ0) is 20.8. The highest BCUT2D eigenvalue weighted by molar-refractivity contribution is 6.07. The fourth-order valence-corrected chi connectivity index (χ4v) is 3.12. The third-order valence-electron chi connectivity index (χ3n) is 4.77. The van der Waals surface area contributed by atoms with Crippen LogP contribution in [0.4, 0.5) is 11.4 Å². The molecule has 0 unspecified atom stereocenters. The predicted molar refractivity (Wildman–Crippen MR) is 113 cm³/mol. The second kappa shape index (κ2) is 9.20. The van der Waals surface area contributed by atoms with Crippen molar-refractivity contribution in [3.63, 3.8) is 0 Å². The van der Waals surface area contributed by atoms with E-state index in [1.54, 1.807) is 30.3 Å². The van der Waals surface area contributed by atoms with Gasteiger partial charge in [0.25, 0.3) is 11.6 Å². The lowest BCUT2D eigenvalue weighted by atomic mass is 10.2. The lowest BCUT2D eigenvalue weighted by Crippen LogP contribution is -2.28. The van der Waals surface area contributed by atoms with E-state index in [1.165, 1.54) is 6.07 Å². The standard InChI is InChI=1S/C21H24N4O4/c1-3-24(4-2)12-13-29-19-11-6-5-9-16(19)23-21(26)17-14-15-8-7-10-18(25(27)28)20(15)22-17/h5-11,14,22H,3-4,12-13H2,1-2H3,(H,23,26). The molecule has 0 aliphatic rings. The molecule has 0 bridgehead atoms. The van der Waals surface area contributed by atoms with Crippen LogP contribution in [0.3, 0.4) is 0 Å². The number of hydrogen-bond acceptors (Lipinski definition) is 5. The van der Waals surface area contributed by atoms with E-state index in [0.717, 1.165) is 19.6 Å². The number of carbonyl (C=O) groups is 1. The van der Waals surface area contributed by atoms with Gasteiger partial charge in [0.1, 0.15) is 23.6 Å². The van der Waals surface area contributed by atoms with Crippen LogP contribution in [0.15, 0.2) is 48.5 Å². The van der Waals surface area contributed by atoms with Gasteiger partial charge in [0.2, 0.25) is 0 Å². The molecule has 0 fully saturated rings. The second-order valence-electron chi connectivity index (χ2n) is 6.51. The van der Waals surface area contributed by atoms with Gasteiger partial charge in [-0.05, 0) is 31.3 Å². The largest absolute Gasteiger partial charge is 0.490 e. The van der Waals surface area contributed by atoms with Crippen LogP contribution in [0.5, 0.6) is 5.75 Å². The number of nitro benzene ring substituents is 1. The number of anilines is 1. The Morgan fingerprint density at radius 1 is 1.17 bits per heavy atom. The Bertz CT molecular complexity index is 1010. The van der Waals surface area contributed by atoms with E-state index in [0.29, 0.717) is 28.9 Å². The molecule has 0 spiro atoms. The predicted octanol–water partition coefficient (Wildman–Crippen LogP) is 4.05. The number of benzene rings is 2. The van der Waals surface area contributed by atoms with Crippen LogP contribution in [0.2, 0.25) is 0 Å². The van der Waals surface area contributed by atoms with Crippen LogP contribution >= 0.6 is 0 Å². The number of nitro groups is 1. The number of nitrogens with zero attached hydrogens (tertiary/aromatic N) is 2. The molecular weight excluding hydrogens is 372 g/mol. The number of H-pyrrole nitrogens is 1. The van der Waals surface area contributed by atoms with Crippen molar-refractivity contribution in [2.24, 2.45) is 0 Å². The fraction of sp³-hybridized carbons (Fsp3) is 0.286. The molecule has 0 atom stereocenters. The number of fused-ring (bicyclic) bond motifs is 1. The summed E-state index contributed by atoms with van der Waals surface area (Å²) in [5.74, 6) is 0.186. The Hall–Kier alpha value is -3.39. The molecule has 3 rings (SSSR count). The SMILES string of the molecule is CCN(CC)CCOc1ccccc1NC(=O)c1cc2cccc([N+](=O)[O-])c2[nH]1. The molecule has 1 amide bonds. The van der Waals surface area contributed by atoms with Crippen molar-refractivity contribution in [2.45, 2.75) is 13.8 Å². The summed E-state index contributed by atoms with van der Waals surface area (Å²) >= 11 is 0. The second-order valence-corrected chi connectivity index (χ2v) is 6.51. The topological polar surface area (TPSA) is 100 Å². The molecule has 1 heterocycles. The molecule has 29 heavy (non-hydrogen) atoms. The van der Waals surface area contributed by atoms with Crippen LogP contribution in [0, 0.1) is 10.1 Å². The molecule has 8 nitrogen and oxygen atoms in total.